The van der Waals surface area contributed by atoms with Crippen molar-refractivity contribution in [3.8, 4) is 0 Å². The molecule has 71 valence electrons. The molecule has 0 saturated heterocycles. The van der Waals surface area contributed by atoms with Crippen LogP contribution in [0.1, 0.15) is 56.2 Å². The normalized spacial score (nSPS) is 11.3. The molecule has 0 nitrogen and oxygen atoms in total. The SMILES string of the molecule is [CH2]c1cc(C(C)C)ccc1C(C)C. The van der Waals surface area contributed by atoms with Crippen LogP contribution in [-0.2, 0) is 0 Å². The van der Waals surface area contributed by atoms with Gasteiger partial charge in [0.1, 0.15) is 0 Å². The minimum absolute atomic E-state index is 0.578. The summed E-state index contributed by atoms with van der Waals surface area (Å²) in [4.78, 5) is 0. The molecule has 1 aromatic carbocycles. The fourth-order valence-corrected chi connectivity index (χ4v) is 1.55. The van der Waals surface area contributed by atoms with Crippen LogP contribution in [0, 0.1) is 6.92 Å². The van der Waals surface area contributed by atoms with E-state index in [2.05, 4.69) is 52.8 Å². The maximum absolute atomic E-state index is 4.08. The highest BCUT2D eigenvalue weighted by molar-refractivity contribution is 5.37. The molecule has 0 aliphatic carbocycles. The Morgan fingerprint density at radius 1 is 1.00 bits per heavy atom. The summed E-state index contributed by atoms with van der Waals surface area (Å²) in [6.45, 7) is 12.9. The molecule has 0 fully saturated rings. The molecule has 1 rings (SSSR count). The summed E-state index contributed by atoms with van der Waals surface area (Å²) in [6, 6.07) is 6.64. The van der Waals surface area contributed by atoms with Gasteiger partial charge in [0.2, 0.25) is 0 Å². The molecule has 13 heavy (non-hydrogen) atoms. The van der Waals surface area contributed by atoms with E-state index in [4.69, 9.17) is 0 Å². The lowest BCUT2D eigenvalue weighted by atomic mass is 9.93. The molecule has 0 aromatic heterocycles. The van der Waals surface area contributed by atoms with Gasteiger partial charge in [-0.05, 0) is 35.4 Å². The first kappa shape index (κ1) is 10.3. The molecule has 1 radical (unpaired) electrons. The molecular formula is C13H19. The standard InChI is InChI=1S/C13H19/c1-9(2)12-6-7-13(10(3)4)11(5)8-12/h6-10H,5H2,1-4H3. The molecule has 0 amide bonds. The van der Waals surface area contributed by atoms with E-state index in [1.807, 2.05) is 0 Å². The van der Waals surface area contributed by atoms with Gasteiger partial charge in [-0.15, -0.1) is 0 Å². The van der Waals surface area contributed by atoms with Gasteiger partial charge in [-0.3, -0.25) is 0 Å². The molecule has 0 bridgehead atoms. The molecular weight excluding hydrogens is 156 g/mol. The summed E-state index contributed by atoms with van der Waals surface area (Å²) in [5.41, 5.74) is 3.93. The minimum Gasteiger partial charge on any atom is -0.0587 e. The molecule has 0 heterocycles. The summed E-state index contributed by atoms with van der Waals surface area (Å²) in [5.74, 6) is 1.18. The maximum atomic E-state index is 4.08. The van der Waals surface area contributed by atoms with Crippen molar-refractivity contribution in [3.63, 3.8) is 0 Å². The molecule has 0 spiro atoms. The molecule has 0 heteroatoms. The van der Waals surface area contributed by atoms with Crippen LogP contribution in [0.15, 0.2) is 18.2 Å². The summed E-state index contributed by atoms with van der Waals surface area (Å²) in [7, 11) is 0. The van der Waals surface area contributed by atoms with E-state index in [-0.39, 0.29) is 0 Å². The van der Waals surface area contributed by atoms with Crippen molar-refractivity contribution in [1.29, 1.82) is 0 Å². The van der Waals surface area contributed by atoms with Crippen LogP contribution in [0.2, 0.25) is 0 Å². The van der Waals surface area contributed by atoms with E-state index < -0.39 is 0 Å². The Hall–Kier alpha value is -0.780. The third-order valence-corrected chi connectivity index (χ3v) is 2.46. The first-order valence-corrected chi connectivity index (χ1v) is 4.98. The Kier molecular flexibility index (Phi) is 3.13. The van der Waals surface area contributed by atoms with Gasteiger partial charge in [-0.2, -0.15) is 0 Å². The largest absolute Gasteiger partial charge is 0.0587 e. The highest BCUT2D eigenvalue weighted by Crippen LogP contribution is 2.23. The second kappa shape index (κ2) is 3.95. The highest BCUT2D eigenvalue weighted by atomic mass is 14.1. The first-order valence-electron chi connectivity index (χ1n) is 4.98. The van der Waals surface area contributed by atoms with Crippen molar-refractivity contribution >= 4 is 0 Å². The highest BCUT2D eigenvalue weighted by Gasteiger charge is 2.05. The lowest BCUT2D eigenvalue weighted by Gasteiger charge is -2.12. The molecule has 0 atom stereocenters. The van der Waals surface area contributed by atoms with Crippen molar-refractivity contribution in [2.45, 2.75) is 39.5 Å². The number of hydrogen-bond donors (Lipinski definition) is 0. The number of benzene rings is 1. The smallest absolute Gasteiger partial charge is 0.0216 e. The predicted molar refractivity (Wildman–Crippen MR) is 59.1 cm³/mol. The van der Waals surface area contributed by atoms with E-state index in [0.717, 1.165) is 0 Å². The average molecular weight is 175 g/mol. The fourth-order valence-electron chi connectivity index (χ4n) is 1.55. The average Bonchev–Trinajstić information content (AvgIpc) is 2.03. The van der Waals surface area contributed by atoms with Gasteiger partial charge >= 0.3 is 0 Å². The van der Waals surface area contributed by atoms with Crippen molar-refractivity contribution in [3.05, 3.63) is 41.8 Å². The second-order valence-corrected chi connectivity index (χ2v) is 4.27. The van der Waals surface area contributed by atoms with Crippen molar-refractivity contribution in [2.75, 3.05) is 0 Å². The Labute approximate surface area is 82.0 Å². The van der Waals surface area contributed by atoms with Gasteiger partial charge in [0.05, 0.1) is 0 Å². The van der Waals surface area contributed by atoms with Crippen LogP contribution in [0.3, 0.4) is 0 Å². The summed E-state index contributed by atoms with van der Waals surface area (Å²) in [5, 5.41) is 0. The summed E-state index contributed by atoms with van der Waals surface area (Å²) >= 11 is 0. The van der Waals surface area contributed by atoms with Gasteiger partial charge in [-0.25, -0.2) is 0 Å². The van der Waals surface area contributed by atoms with Crippen LogP contribution in [-0.4, -0.2) is 0 Å². The van der Waals surface area contributed by atoms with E-state index in [0.29, 0.717) is 11.8 Å². The zero-order valence-corrected chi connectivity index (χ0v) is 9.09. The Bertz CT molecular complexity index is 282. The predicted octanol–water partition coefficient (Wildman–Crippen LogP) is 4.12. The Balaban J connectivity index is 3.06. The van der Waals surface area contributed by atoms with Crippen molar-refractivity contribution in [1.82, 2.24) is 0 Å². The molecule has 0 aliphatic heterocycles. The first-order chi connectivity index (χ1) is 6.02. The van der Waals surface area contributed by atoms with Crippen LogP contribution in [0.5, 0.6) is 0 Å². The third-order valence-electron chi connectivity index (χ3n) is 2.46. The van der Waals surface area contributed by atoms with Crippen LogP contribution in [0.4, 0.5) is 0 Å². The van der Waals surface area contributed by atoms with Crippen molar-refractivity contribution < 1.29 is 0 Å². The zero-order chi connectivity index (χ0) is 10.0. The molecule has 0 unspecified atom stereocenters. The second-order valence-electron chi connectivity index (χ2n) is 4.27. The van der Waals surface area contributed by atoms with Crippen LogP contribution in [0.25, 0.3) is 0 Å². The maximum Gasteiger partial charge on any atom is -0.0216 e. The molecule has 1 aromatic rings. The Morgan fingerprint density at radius 2 is 1.62 bits per heavy atom. The van der Waals surface area contributed by atoms with E-state index in [1.54, 1.807) is 0 Å². The van der Waals surface area contributed by atoms with Crippen LogP contribution >= 0.6 is 0 Å². The fraction of sp³-hybridized carbons (Fsp3) is 0.462. The number of hydrogen-bond acceptors (Lipinski definition) is 0. The third kappa shape index (κ3) is 2.33. The summed E-state index contributed by atoms with van der Waals surface area (Å²) < 4.78 is 0. The Morgan fingerprint density at radius 3 is 2.00 bits per heavy atom. The molecule has 0 aliphatic rings. The van der Waals surface area contributed by atoms with Gasteiger partial charge in [0.15, 0.2) is 0 Å². The molecule has 0 N–H and O–H groups in total. The van der Waals surface area contributed by atoms with E-state index in [9.17, 15) is 0 Å². The molecule has 0 saturated carbocycles. The van der Waals surface area contributed by atoms with E-state index in [1.165, 1.54) is 16.7 Å². The van der Waals surface area contributed by atoms with E-state index >= 15 is 0 Å². The summed E-state index contributed by atoms with van der Waals surface area (Å²) in [6.07, 6.45) is 0. The minimum atomic E-state index is 0.578. The quantitative estimate of drug-likeness (QED) is 0.634. The monoisotopic (exact) mass is 175 g/mol. The van der Waals surface area contributed by atoms with Crippen molar-refractivity contribution in [2.24, 2.45) is 0 Å². The van der Waals surface area contributed by atoms with Crippen LogP contribution < -0.4 is 0 Å². The lowest BCUT2D eigenvalue weighted by Crippen LogP contribution is -1.95. The van der Waals surface area contributed by atoms with Gasteiger partial charge in [0, 0.05) is 0 Å². The topological polar surface area (TPSA) is 0 Å². The zero-order valence-electron chi connectivity index (χ0n) is 9.09. The van der Waals surface area contributed by atoms with Gasteiger partial charge in [-0.1, -0.05) is 45.9 Å². The number of rotatable bonds is 2. The van der Waals surface area contributed by atoms with Gasteiger partial charge < -0.3 is 0 Å². The van der Waals surface area contributed by atoms with Gasteiger partial charge in [0.25, 0.3) is 0 Å². The lowest BCUT2D eigenvalue weighted by molar-refractivity contribution is 0.840.